The number of carbonyl (C=O) groups excluding carboxylic acids is 1. The third-order valence-corrected chi connectivity index (χ3v) is 4.11. The average Bonchev–Trinajstić information content (AvgIpc) is 3.09. The number of nitrogens with zero attached hydrogens (tertiary/aromatic N) is 1. The van der Waals surface area contributed by atoms with E-state index in [-0.39, 0.29) is 34.0 Å². The summed E-state index contributed by atoms with van der Waals surface area (Å²) >= 11 is 0.715. The van der Waals surface area contributed by atoms with E-state index in [0.29, 0.717) is 11.3 Å². The summed E-state index contributed by atoms with van der Waals surface area (Å²) in [6, 6.07) is 1.74. The molecule has 20 heavy (non-hydrogen) atoms. The molecule has 2 rings (SSSR count). The van der Waals surface area contributed by atoms with E-state index in [0.717, 1.165) is 7.11 Å². The van der Waals surface area contributed by atoms with E-state index in [1.807, 2.05) is 0 Å². The molecule has 1 aromatic heterocycles. The molecule has 1 aromatic rings. The zero-order valence-electron chi connectivity index (χ0n) is 10.3. The summed E-state index contributed by atoms with van der Waals surface area (Å²) in [4.78, 5) is 11.6. The van der Waals surface area contributed by atoms with Crippen LogP contribution in [0.5, 0.6) is 0 Å². The molecule has 5 nitrogen and oxygen atoms in total. The number of esters is 1. The molecule has 1 heterocycles. The molecule has 0 bridgehead atoms. The van der Waals surface area contributed by atoms with Gasteiger partial charge in [0.2, 0.25) is 0 Å². The van der Waals surface area contributed by atoms with Crippen molar-refractivity contribution in [2.24, 2.45) is 0 Å². The zero-order valence-corrected chi connectivity index (χ0v) is 11.1. The minimum Gasteiger partial charge on any atom is -0.465 e. The maximum absolute atomic E-state index is 12.9. The summed E-state index contributed by atoms with van der Waals surface area (Å²) in [7, 11) is 1.09. The lowest BCUT2D eigenvalue weighted by molar-refractivity contribution is -0.151. The topological polar surface area (TPSA) is 88.1 Å². The van der Waals surface area contributed by atoms with Gasteiger partial charge in [0.1, 0.15) is 27.0 Å². The van der Waals surface area contributed by atoms with Crippen LogP contribution in [0.3, 0.4) is 0 Å². The van der Waals surface area contributed by atoms with Crippen molar-refractivity contribution in [3.8, 4) is 6.07 Å². The van der Waals surface area contributed by atoms with Crippen molar-refractivity contribution in [2.45, 2.75) is 24.6 Å². The van der Waals surface area contributed by atoms with E-state index in [9.17, 15) is 18.0 Å². The van der Waals surface area contributed by atoms with Crippen LogP contribution in [-0.4, -0.2) is 24.8 Å². The van der Waals surface area contributed by atoms with E-state index in [4.69, 9.17) is 11.0 Å². The maximum Gasteiger partial charge on any atom is 0.411 e. The van der Waals surface area contributed by atoms with Gasteiger partial charge >= 0.3 is 12.1 Å². The Morgan fingerprint density at radius 2 is 2.15 bits per heavy atom. The summed E-state index contributed by atoms with van der Waals surface area (Å²) in [6.45, 7) is 0. The van der Waals surface area contributed by atoms with Crippen molar-refractivity contribution in [1.82, 2.24) is 0 Å². The largest absolute Gasteiger partial charge is 0.465 e. The maximum atomic E-state index is 12.9. The van der Waals surface area contributed by atoms with Crippen molar-refractivity contribution >= 4 is 28.0 Å². The molecule has 1 fully saturated rings. The monoisotopic (exact) mass is 305 g/mol. The highest BCUT2D eigenvalue weighted by molar-refractivity contribution is 7.17. The number of nitrogens with two attached hydrogens (primary N) is 1. The number of alkyl halides is 3. The molecule has 0 radical (unpaired) electrons. The Morgan fingerprint density at radius 1 is 1.55 bits per heavy atom. The van der Waals surface area contributed by atoms with E-state index >= 15 is 0 Å². The Hall–Kier alpha value is -1.95. The van der Waals surface area contributed by atoms with Crippen molar-refractivity contribution in [3.05, 3.63) is 10.4 Å². The molecule has 0 saturated heterocycles. The highest BCUT2D eigenvalue weighted by atomic mass is 32.1. The Kier molecular flexibility index (Phi) is 3.29. The molecular formula is C11H10F3N3O2S. The normalized spacial score (nSPS) is 16.4. The number of hydrogen-bond donors (Lipinski definition) is 2. The smallest absolute Gasteiger partial charge is 0.411 e. The number of hydrogen-bond acceptors (Lipinski definition) is 6. The molecular weight excluding hydrogens is 295 g/mol. The molecule has 1 saturated carbocycles. The lowest BCUT2D eigenvalue weighted by atomic mass is 10.2. The highest BCUT2D eigenvalue weighted by Gasteiger charge is 2.64. The quantitative estimate of drug-likeness (QED) is 0.838. The first-order valence-electron chi connectivity index (χ1n) is 5.51. The van der Waals surface area contributed by atoms with Crippen LogP contribution in [0.25, 0.3) is 0 Å². The lowest BCUT2D eigenvalue weighted by Crippen LogP contribution is -2.38. The minimum atomic E-state index is -4.44. The fourth-order valence-electron chi connectivity index (χ4n) is 1.74. The van der Waals surface area contributed by atoms with E-state index in [1.54, 1.807) is 6.07 Å². The number of nitrogens with one attached hydrogen (secondary N) is 1. The van der Waals surface area contributed by atoms with E-state index in [2.05, 4.69) is 10.1 Å². The van der Waals surface area contributed by atoms with Crippen molar-refractivity contribution < 1.29 is 22.7 Å². The molecule has 0 atom stereocenters. The Morgan fingerprint density at radius 3 is 2.55 bits per heavy atom. The van der Waals surface area contributed by atoms with Gasteiger partial charge < -0.3 is 15.8 Å². The van der Waals surface area contributed by atoms with Crippen LogP contribution in [-0.2, 0) is 4.74 Å². The summed E-state index contributed by atoms with van der Waals surface area (Å²) in [5.74, 6) is -0.874. The first-order valence-corrected chi connectivity index (χ1v) is 6.33. The zero-order chi connectivity index (χ0) is 15.1. The van der Waals surface area contributed by atoms with Crippen molar-refractivity contribution in [3.63, 3.8) is 0 Å². The number of thiophene rings is 1. The van der Waals surface area contributed by atoms with Gasteiger partial charge in [-0.1, -0.05) is 0 Å². The van der Waals surface area contributed by atoms with Crippen molar-refractivity contribution in [2.75, 3.05) is 18.2 Å². The number of carbonyl (C=O) groups is 1. The molecule has 9 heteroatoms. The van der Waals surface area contributed by atoms with Crippen LogP contribution in [0.15, 0.2) is 0 Å². The molecule has 0 amide bonds. The molecule has 0 aliphatic heterocycles. The van der Waals surface area contributed by atoms with Crippen LogP contribution >= 0.6 is 11.3 Å². The predicted octanol–water partition coefficient (Wildman–Crippen LogP) is 2.50. The van der Waals surface area contributed by atoms with Crippen LogP contribution in [0, 0.1) is 11.3 Å². The first-order chi connectivity index (χ1) is 9.25. The standard InChI is InChI=1S/C11H10F3N3O2S/c1-19-9(18)6-7(16)5(4-15)20-8(6)17-10(2-3-10)11(12,13)14/h17H,2-3,16H2,1H3. The predicted molar refractivity (Wildman–Crippen MR) is 66.4 cm³/mol. The highest BCUT2D eigenvalue weighted by Crippen LogP contribution is 2.53. The summed E-state index contributed by atoms with van der Waals surface area (Å²) in [5.41, 5.74) is 3.18. The van der Waals surface area contributed by atoms with Crippen LogP contribution < -0.4 is 11.1 Å². The third-order valence-electron chi connectivity index (χ3n) is 3.08. The second-order valence-corrected chi connectivity index (χ2v) is 5.38. The number of nitrogen functional groups attached to an aromatic ring is 1. The van der Waals surface area contributed by atoms with Gasteiger partial charge in [0.15, 0.2) is 0 Å². The summed E-state index contributed by atoms with van der Waals surface area (Å²) < 4.78 is 43.2. The van der Waals surface area contributed by atoms with Gasteiger partial charge in [-0.2, -0.15) is 18.4 Å². The molecule has 1 aliphatic carbocycles. The fourth-order valence-corrected chi connectivity index (χ4v) is 2.74. The number of anilines is 2. The van der Waals surface area contributed by atoms with Crippen LogP contribution in [0.2, 0.25) is 0 Å². The number of rotatable bonds is 3. The molecule has 108 valence electrons. The number of methoxy groups -OCH3 is 1. The SMILES string of the molecule is COC(=O)c1c(NC2(C(F)(F)F)CC2)sc(C#N)c1N. The average molecular weight is 305 g/mol. The van der Waals surface area contributed by atoms with Crippen molar-refractivity contribution in [1.29, 1.82) is 5.26 Å². The molecule has 1 aliphatic rings. The Labute approximate surface area is 116 Å². The second kappa shape index (κ2) is 4.56. The number of ether oxygens (including phenoxy) is 1. The third kappa shape index (κ3) is 2.16. The summed E-state index contributed by atoms with van der Waals surface area (Å²) in [5, 5.41) is 11.1. The van der Waals surface area contributed by atoms with E-state index < -0.39 is 17.7 Å². The molecule has 0 unspecified atom stereocenters. The van der Waals surface area contributed by atoms with Crippen LogP contribution in [0.4, 0.5) is 23.9 Å². The first kappa shape index (κ1) is 14.5. The number of nitriles is 1. The molecule has 0 spiro atoms. The van der Waals surface area contributed by atoms with E-state index in [1.165, 1.54) is 0 Å². The van der Waals surface area contributed by atoms with Gasteiger partial charge in [-0.25, -0.2) is 4.79 Å². The van der Waals surface area contributed by atoms with Gasteiger partial charge in [-0.3, -0.25) is 0 Å². The number of halogens is 3. The van der Waals surface area contributed by atoms with Gasteiger partial charge in [-0.05, 0) is 12.8 Å². The van der Waals surface area contributed by atoms with Gasteiger partial charge in [0.05, 0.1) is 12.8 Å². The lowest BCUT2D eigenvalue weighted by Gasteiger charge is -2.21. The molecule has 3 N–H and O–H groups in total. The Balaban J connectivity index is 2.43. The molecule has 0 aromatic carbocycles. The van der Waals surface area contributed by atoms with Gasteiger partial charge in [0, 0.05) is 0 Å². The second-order valence-electron chi connectivity index (χ2n) is 4.36. The Bertz CT molecular complexity index is 599. The van der Waals surface area contributed by atoms with Crippen LogP contribution in [0.1, 0.15) is 28.1 Å². The summed E-state index contributed by atoms with van der Waals surface area (Å²) in [6.07, 6.45) is -4.61. The van der Waals surface area contributed by atoms with Gasteiger partial charge in [-0.15, -0.1) is 11.3 Å². The fraction of sp³-hybridized carbons (Fsp3) is 0.455. The minimum absolute atomic E-state index is 0.0223. The van der Waals surface area contributed by atoms with Gasteiger partial charge in [0.25, 0.3) is 0 Å².